The number of rotatable bonds is 2. The van der Waals surface area contributed by atoms with Crippen molar-refractivity contribution in [1.29, 1.82) is 0 Å². The van der Waals surface area contributed by atoms with Crippen LogP contribution in [0.2, 0.25) is 0 Å². The number of hydrogen-bond donors (Lipinski definition) is 1. The van der Waals surface area contributed by atoms with Crippen LogP contribution < -0.4 is 5.73 Å². The van der Waals surface area contributed by atoms with Crippen molar-refractivity contribution in [3.05, 3.63) is 68.9 Å². The van der Waals surface area contributed by atoms with E-state index in [-0.39, 0.29) is 5.56 Å². The van der Waals surface area contributed by atoms with Gasteiger partial charge < -0.3 is 5.73 Å². The molecule has 2 N–H and O–H groups in total. The van der Waals surface area contributed by atoms with Crippen molar-refractivity contribution in [1.82, 2.24) is 0 Å². The Kier molecular flexibility index (Phi) is 3.96. The predicted molar refractivity (Wildman–Crippen MR) is 71.2 cm³/mol. The zero-order valence-corrected chi connectivity index (χ0v) is 11.6. The lowest BCUT2D eigenvalue weighted by Gasteiger charge is -2.16. The van der Waals surface area contributed by atoms with Gasteiger partial charge in [0.1, 0.15) is 0 Å². The second kappa shape index (κ2) is 5.35. The smallest absolute Gasteiger partial charge is 0.194 e. The van der Waals surface area contributed by atoms with Crippen molar-refractivity contribution in [3.8, 4) is 0 Å². The summed E-state index contributed by atoms with van der Waals surface area (Å²) in [5.74, 6) is -3.98. The quantitative estimate of drug-likeness (QED) is 0.820. The molecule has 1 atom stereocenters. The fourth-order valence-corrected chi connectivity index (χ4v) is 2.37. The first-order valence-corrected chi connectivity index (χ1v) is 6.36. The molecule has 100 valence electrons. The summed E-state index contributed by atoms with van der Waals surface area (Å²) in [7, 11) is 0. The molecule has 19 heavy (non-hydrogen) atoms. The van der Waals surface area contributed by atoms with Crippen molar-refractivity contribution in [2.45, 2.75) is 13.0 Å². The molecule has 2 aromatic carbocycles. The second-order valence-electron chi connectivity index (χ2n) is 4.22. The molecule has 0 aliphatic carbocycles. The highest BCUT2D eigenvalue weighted by molar-refractivity contribution is 9.10. The van der Waals surface area contributed by atoms with Crippen molar-refractivity contribution < 1.29 is 13.2 Å². The molecule has 0 radical (unpaired) electrons. The zero-order valence-electron chi connectivity index (χ0n) is 10.1. The minimum absolute atomic E-state index is 0.0785. The number of benzene rings is 2. The zero-order chi connectivity index (χ0) is 14.2. The standard InChI is InChI=1S/C14H11BrF3N/c1-7-3-2-4-8(11(7)15)14(19)9-5-6-10(16)13(18)12(9)17/h2-6,14H,19H2,1H3. The Morgan fingerprint density at radius 3 is 2.37 bits per heavy atom. The monoisotopic (exact) mass is 329 g/mol. The summed E-state index contributed by atoms with van der Waals surface area (Å²) < 4.78 is 40.6. The lowest BCUT2D eigenvalue weighted by atomic mass is 9.97. The van der Waals surface area contributed by atoms with E-state index in [1.807, 2.05) is 13.0 Å². The predicted octanol–water partition coefficient (Wildman–Crippen LogP) is 4.22. The van der Waals surface area contributed by atoms with Crippen LogP contribution in [0.15, 0.2) is 34.8 Å². The van der Waals surface area contributed by atoms with Crippen LogP contribution in [-0.2, 0) is 0 Å². The molecule has 0 heterocycles. The Morgan fingerprint density at radius 2 is 1.68 bits per heavy atom. The van der Waals surface area contributed by atoms with Gasteiger partial charge in [-0.05, 0) is 24.1 Å². The summed E-state index contributed by atoms with van der Waals surface area (Å²) in [5.41, 5.74) is 7.41. The average Bonchev–Trinajstić information content (AvgIpc) is 2.39. The summed E-state index contributed by atoms with van der Waals surface area (Å²) in [6.07, 6.45) is 0. The summed E-state index contributed by atoms with van der Waals surface area (Å²) in [4.78, 5) is 0. The van der Waals surface area contributed by atoms with Crippen molar-refractivity contribution in [3.63, 3.8) is 0 Å². The SMILES string of the molecule is Cc1cccc(C(N)c2ccc(F)c(F)c2F)c1Br. The minimum Gasteiger partial charge on any atom is -0.320 e. The van der Waals surface area contributed by atoms with Gasteiger partial charge in [-0.1, -0.05) is 40.2 Å². The third kappa shape index (κ3) is 2.53. The van der Waals surface area contributed by atoms with Crippen LogP contribution in [0.4, 0.5) is 13.2 Å². The van der Waals surface area contributed by atoms with E-state index in [1.54, 1.807) is 12.1 Å². The highest BCUT2D eigenvalue weighted by Crippen LogP contribution is 2.31. The van der Waals surface area contributed by atoms with Crippen LogP contribution in [0.25, 0.3) is 0 Å². The molecule has 1 unspecified atom stereocenters. The van der Waals surface area contributed by atoms with Crippen molar-refractivity contribution >= 4 is 15.9 Å². The largest absolute Gasteiger partial charge is 0.320 e. The van der Waals surface area contributed by atoms with Crippen LogP contribution >= 0.6 is 15.9 Å². The van der Waals surface area contributed by atoms with E-state index in [4.69, 9.17) is 5.73 Å². The molecule has 0 saturated heterocycles. The van der Waals surface area contributed by atoms with E-state index >= 15 is 0 Å². The van der Waals surface area contributed by atoms with Gasteiger partial charge in [0.25, 0.3) is 0 Å². The lowest BCUT2D eigenvalue weighted by Crippen LogP contribution is -2.16. The maximum absolute atomic E-state index is 13.7. The maximum Gasteiger partial charge on any atom is 0.194 e. The van der Waals surface area contributed by atoms with E-state index < -0.39 is 23.5 Å². The number of aryl methyl sites for hydroxylation is 1. The molecular formula is C14H11BrF3N. The first-order valence-electron chi connectivity index (χ1n) is 5.57. The molecule has 0 aliphatic heterocycles. The molecule has 0 aliphatic rings. The molecule has 1 nitrogen and oxygen atoms in total. The average molecular weight is 330 g/mol. The number of nitrogens with two attached hydrogens (primary N) is 1. The molecule has 2 aromatic rings. The van der Waals surface area contributed by atoms with Gasteiger partial charge in [0, 0.05) is 10.0 Å². The molecule has 0 fully saturated rings. The molecule has 0 bridgehead atoms. The summed E-state index contributed by atoms with van der Waals surface area (Å²) in [6, 6.07) is 6.51. The first kappa shape index (κ1) is 14.1. The van der Waals surface area contributed by atoms with Crippen LogP contribution in [0.1, 0.15) is 22.7 Å². The molecule has 0 spiro atoms. The molecule has 5 heteroatoms. The molecule has 0 aromatic heterocycles. The van der Waals surface area contributed by atoms with Gasteiger partial charge in [-0.15, -0.1) is 0 Å². The van der Waals surface area contributed by atoms with Gasteiger partial charge in [0.15, 0.2) is 17.5 Å². The second-order valence-corrected chi connectivity index (χ2v) is 5.01. The third-order valence-corrected chi connectivity index (χ3v) is 4.04. The number of hydrogen-bond acceptors (Lipinski definition) is 1. The summed E-state index contributed by atoms with van der Waals surface area (Å²) >= 11 is 3.37. The third-order valence-electron chi connectivity index (χ3n) is 2.96. The molecule has 0 amide bonds. The molecular weight excluding hydrogens is 319 g/mol. The maximum atomic E-state index is 13.7. The van der Waals surface area contributed by atoms with Crippen molar-refractivity contribution in [2.24, 2.45) is 5.73 Å². The fourth-order valence-electron chi connectivity index (χ4n) is 1.86. The number of halogens is 4. The van der Waals surface area contributed by atoms with E-state index in [0.29, 0.717) is 5.56 Å². The highest BCUT2D eigenvalue weighted by atomic mass is 79.9. The van der Waals surface area contributed by atoms with Crippen molar-refractivity contribution in [2.75, 3.05) is 0 Å². The summed E-state index contributed by atoms with van der Waals surface area (Å²) in [6.45, 7) is 1.86. The Bertz CT molecular complexity index is 628. The van der Waals surface area contributed by atoms with Gasteiger partial charge >= 0.3 is 0 Å². The van der Waals surface area contributed by atoms with E-state index in [0.717, 1.165) is 22.2 Å². The fraction of sp³-hybridized carbons (Fsp3) is 0.143. The first-order chi connectivity index (χ1) is 8.93. The van der Waals surface area contributed by atoms with E-state index in [1.165, 1.54) is 0 Å². The van der Waals surface area contributed by atoms with Gasteiger partial charge in [-0.2, -0.15) is 0 Å². The Hall–Kier alpha value is -1.33. The van der Waals surface area contributed by atoms with Gasteiger partial charge in [-0.25, -0.2) is 13.2 Å². The normalized spacial score (nSPS) is 12.5. The van der Waals surface area contributed by atoms with Crippen LogP contribution in [0, 0.1) is 24.4 Å². The molecule has 2 rings (SSSR count). The van der Waals surface area contributed by atoms with Crippen LogP contribution in [0.3, 0.4) is 0 Å². The topological polar surface area (TPSA) is 26.0 Å². The Morgan fingerprint density at radius 1 is 1.00 bits per heavy atom. The van der Waals surface area contributed by atoms with Crippen LogP contribution in [-0.4, -0.2) is 0 Å². The van der Waals surface area contributed by atoms with E-state index in [2.05, 4.69) is 15.9 Å². The Balaban J connectivity index is 2.53. The Labute approximate surface area is 117 Å². The van der Waals surface area contributed by atoms with Gasteiger partial charge in [0.2, 0.25) is 0 Å². The summed E-state index contributed by atoms with van der Waals surface area (Å²) in [5, 5.41) is 0. The van der Waals surface area contributed by atoms with E-state index in [9.17, 15) is 13.2 Å². The van der Waals surface area contributed by atoms with Gasteiger partial charge in [-0.3, -0.25) is 0 Å². The van der Waals surface area contributed by atoms with Crippen LogP contribution in [0.5, 0.6) is 0 Å². The lowest BCUT2D eigenvalue weighted by molar-refractivity contribution is 0.438. The van der Waals surface area contributed by atoms with Gasteiger partial charge in [0.05, 0.1) is 6.04 Å². The molecule has 0 saturated carbocycles. The highest BCUT2D eigenvalue weighted by Gasteiger charge is 2.21. The minimum atomic E-state index is -1.50.